The average Bonchev–Trinajstić information content (AvgIpc) is 2.59. The van der Waals surface area contributed by atoms with Crippen LogP contribution in [0.3, 0.4) is 0 Å². The summed E-state index contributed by atoms with van der Waals surface area (Å²) in [5.41, 5.74) is 0.544. The van der Waals surface area contributed by atoms with Crippen molar-refractivity contribution in [2.24, 2.45) is 0 Å². The fourth-order valence-corrected chi connectivity index (χ4v) is 1.18. The lowest BCUT2D eigenvalue weighted by Gasteiger charge is -2.05. The third kappa shape index (κ3) is 1.52. The van der Waals surface area contributed by atoms with Crippen LogP contribution in [-0.4, -0.2) is 19.4 Å². The quantitative estimate of drug-likeness (QED) is 0.537. The van der Waals surface area contributed by atoms with Gasteiger partial charge in [0.25, 0.3) is 0 Å². The number of ether oxygens (including phenoxy) is 3. The van der Waals surface area contributed by atoms with Gasteiger partial charge in [0.2, 0.25) is 0 Å². The highest BCUT2D eigenvalue weighted by atomic mass is 16.9. The Balaban J connectivity index is 2.18. The molecule has 0 radical (unpaired) electrons. The molecule has 1 aromatic rings. The van der Waals surface area contributed by atoms with E-state index in [2.05, 4.69) is 6.92 Å². The minimum atomic E-state index is -0.746. The Kier molecular flexibility index (Phi) is 2.28. The van der Waals surface area contributed by atoms with Crippen LogP contribution in [0.1, 0.15) is 10.4 Å². The molecule has 4 nitrogen and oxygen atoms in total. The molecule has 4 heteroatoms. The summed E-state index contributed by atoms with van der Waals surface area (Å²) in [4.78, 5) is 10.5. The van der Waals surface area contributed by atoms with Crippen LogP contribution in [0.15, 0.2) is 18.2 Å². The van der Waals surface area contributed by atoms with E-state index in [1.807, 2.05) is 0 Å². The van der Waals surface area contributed by atoms with Crippen molar-refractivity contribution < 1.29 is 19.0 Å². The highest BCUT2D eigenvalue weighted by Gasteiger charge is 2.25. The highest BCUT2D eigenvalue weighted by molar-refractivity contribution is 5.76. The summed E-state index contributed by atoms with van der Waals surface area (Å²) in [6.07, 6.45) is 0.749. The van der Waals surface area contributed by atoms with Crippen LogP contribution >= 0.6 is 0 Å². The first kappa shape index (κ1) is 8.90. The molecule has 1 heterocycles. The van der Waals surface area contributed by atoms with Crippen LogP contribution in [0.5, 0.6) is 11.5 Å². The molecule has 1 atom stereocenters. The largest absolute Gasteiger partial charge is 0.428 e. The van der Waals surface area contributed by atoms with Gasteiger partial charge in [-0.15, -0.1) is 0 Å². The Bertz CT molecular complexity index is 348. The van der Waals surface area contributed by atoms with Crippen LogP contribution in [-0.2, 0) is 4.74 Å². The second-order valence-corrected chi connectivity index (χ2v) is 2.72. The molecule has 0 spiro atoms. The summed E-state index contributed by atoms with van der Waals surface area (Å²) < 4.78 is 15.5. The van der Waals surface area contributed by atoms with Crippen molar-refractivity contribution in [3.8, 4) is 11.5 Å². The SMILES string of the molecule is [CH2+]COC1Oc2ccc(C=O)cc2O1. The molecule has 0 saturated carbocycles. The Labute approximate surface area is 81.4 Å². The van der Waals surface area contributed by atoms with Crippen LogP contribution in [0, 0.1) is 6.92 Å². The van der Waals surface area contributed by atoms with Crippen LogP contribution in [0.25, 0.3) is 0 Å². The Morgan fingerprint density at radius 3 is 2.93 bits per heavy atom. The van der Waals surface area contributed by atoms with Crippen molar-refractivity contribution in [2.75, 3.05) is 6.61 Å². The monoisotopic (exact) mass is 193 g/mol. The second kappa shape index (κ2) is 3.59. The molecule has 0 amide bonds. The van der Waals surface area contributed by atoms with Crippen molar-refractivity contribution in [3.05, 3.63) is 30.7 Å². The fraction of sp³-hybridized carbons (Fsp3) is 0.200. The smallest absolute Gasteiger partial charge is 0.364 e. The van der Waals surface area contributed by atoms with Gasteiger partial charge in [0.1, 0.15) is 6.29 Å². The molecule has 0 bridgehead atoms. The third-order valence-corrected chi connectivity index (χ3v) is 1.80. The predicted molar refractivity (Wildman–Crippen MR) is 48.2 cm³/mol. The van der Waals surface area contributed by atoms with Gasteiger partial charge in [-0.3, -0.25) is 9.53 Å². The maximum absolute atomic E-state index is 10.5. The van der Waals surface area contributed by atoms with Gasteiger partial charge < -0.3 is 9.47 Å². The van der Waals surface area contributed by atoms with E-state index < -0.39 is 6.48 Å². The zero-order valence-electron chi connectivity index (χ0n) is 7.43. The third-order valence-electron chi connectivity index (χ3n) is 1.80. The summed E-state index contributed by atoms with van der Waals surface area (Å²) in [5.74, 6) is 1.10. The normalized spacial score (nSPS) is 18.1. The molecular weight excluding hydrogens is 184 g/mol. The Morgan fingerprint density at radius 2 is 2.21 bits per heavy atom. The van der Waals surface area contributed by atoms with E-state index in [4.69, 9.17) is 14.2 Å². The second-order valence-electron chi connectivity index (χ2n) is 2.72. The maximum Gasteiger partial charge on any atom is 0.364 e. The molecule has 0 N–H and O–H groups in total. The molecule has 1 aliphatic rings. The van der Waals surface area contributed by atoms with Gasteiger partial charge in [-0.1, -0.05) is 0 Å². The summed E-state index contributed by atoms with van der Waals surface area (Å²) in [5, 5.41) is 0. The standard InChI is InChI=1S/C10H9O4/c1-2-12-10-13-8-4-3-7(6-11)5-9(8)14-10/h3-6,10H,1-2H2/q+1. The van der Waals surface area contributed by atoms with Crippen molar-refractivity contribution >= 4 is 6.29 Å². The minimum Gasteiger partial charge on any atom is -0.428 e. The van der Waals surface area contributed by atoms with Crippen molar-refractivity contribution in [1.29, 1.82) is 0 Å². The number of hydrogen-bond acceptors (Lipinski definition) is 4. The molecule has 1 aromatic carbocycles. The van der Waals surface area contributed by atoms with Gasteiger partial charge in [-0.05, 0) is 18.2 Å². The summed E-state index contributed by atoms with van der Waals surface area (Å²) in [6.45, 7) is 3.02. The molecule has 1 unspecified atom stereocenters. The van der Waals surface area contributed by atoms with Gasteiger partial charge in [0.15, 0.2) is 18.1 Å². The molecule has 0 saturated heterocycles. The van der Waals surface area contributed by atoms with E-state index in [1.165, 1.54) is 0 Å². The number of carbonyl (C=O) groups is 1. The molecular formula is C10H9O4+. The number of fused-ring (bicyclic) bond motifs is 1. The molecule has 1 aliphatic heterocycles. The zero-order chi connectivity index (χ0) is 9.97. The predicted octanol–water partition coefficient (Wildman–Crippen LogP) is 1.40. The highest BCUT2D eigenvalue weighted by Crippen LogP contribution is 2.35. The number of hydrogen-bond donors (Lipinski definition) is 0. The lowest BCUT2D eigenvalue weighted by atomic mass is 10.2. The first-order valence-electron chi connectivity index (χ1n) is 4.17. The molecule has 2 rings (SSSR count). The van der Waals surface area contributed by atoms with E-state index in [9.17, 15) is 4.79 Å². The maximum atomic E-state index is 10.5. The van der Waals surface area contributed by atoms with E-state index in [-0.39, 0.29) is 6.61 Å². The molecule has 0 aromatic heterocycles. The average molecular weight is 193 g/mol. The van der Waals surface area contributed by atoms with Crippen LogP contribution in [0.2, 0.25) is 0 Å². The van der Waals surface area contributed by atoms with Crippen LogP contribution in [0.4, 0.5) is 0 Å². The summed E-state index contributed by atoms with van der Waals surface area (Å²) in [6, 6.07) is 4.93. The molecule has 0 aliphatic carbocycles. The molecule has 72 valence electrons. The van der Waals surface area contributed by atoms with Crippen molar-refractivity contribution in [1.82, 2.24) is 0 Å². The van der Waals surface area contributed by atoms with Gasteiger partial charge >= 0.3 is 6.48 Å². The number of benzene rings is 1. The summed E-state index contributed by atoms with van der Waals surface area (Å²) in [7, 11) is 0. The molecule has 0 fully saturated rings. The Hall–Kier alpha value is -1.68. The first-order chi connectivity index (χ1) is 6.83. The van der Waals surface area contributed by atoms with E-state index in [1.54, 1.807) is 18.2 Å². The number of carbonyl (C=O) groups excluding carboxylic acids is 1. The summed E-state index contributed by atoms with van der Waals surface area (Å²) >= 11 is 0. The van der Waals surface area contributed by atoms with Crippen molar-refractivity contribution in [2.45, 2.75) is 6.48 Å². The minimum absolute atomic E-state index is 0.263. The number of rotatable bonds is 3. The van der Waals surface area contributed by atoms with Gasteiger partial charge in [0, 0.05) is 5.56 Å². The number of aldehydes is 1. The van der Waals surface area contributed by atoms with Gasteiger partial charge in [-0.25, -0.2) is 0 Å². The lowest BCUT2D eigenvalue weighted by Crippen LogP contribution is -2.21. The van der Waals surface area contributed by atoms with E-state index >= 15 is 0 Å². The Morgan fingerprint density at radius 1 is 1.43 bits per heavy atom. The van der Waals surface area contributed by atoms with Gasteiger partial charge in [0.05, 0.1) is 6.92 Å². The van der Waals surface area contributed by atoms with E-state index in [0.29, 0.717) is 17.1 Å². The van der Waals surface area contributed by atoms with Crippen LogP contribution < -0.4 is 9.47 Å². The topological polar surface area (TPSA) is 44.8 Å². The van der Waals surface area contributed by atoms with E-state index in [0.717, 1.165) is 6.29 Å². The fourth-order valence-electron chi connectivity index (χ4n) is 1.18. The van der Waals surface area contributed by atoms with Gasteiger partial charge in [-0.2, -0.15) is 0 Å². The lowest BCUT2D eigenvalue weighted by molar-refractivity contribution is -0.169. The first-order valence-corrected chi connectivity index (χ1v) is 4.17. The molecule has 14 heavy (non-hydrogen) atoms. The van der Waals surface area contributed by atoms with Crippen molar-refractivity contribution in [3.63, 3.8) is 0 Å². The zero-order valence-corrected chi connectivity index (χ0v) is 7.43.